The van der Waals surface area contributed by atoms with Gasteiger partial charge in [-0.15, -0.1) is 0 Å². The van der Waals surface area contributed by atoms with Gasteiger partial charge in [0.2, 0.25) is 5.91 Å². The Morgan fingerprint density at radius 3 is 2.48 bits per heavy atom. The van der Waals surface area contributed by atoms with Crippen molar-refractivity contribution in [3.63, 3.8) is 0 Å². The van der Waals surface area contributed by atoms with E-state index in [1.807, 2.05) is 0 Å². The predicted molar refractivity (Wildman–Crippen MR) is 68.1 cm³/mol. The van der Waals surface area contributed by atoms with E-state index in [-0.39, 0.29) is 18.4 Å². The van der Waals surface area contributed by atoms with Gasteiger partial charge < -0.3 is 15.8 Å². The van der Waals surface area contributed by atoms with Gasteiger partial charge in [0.15, 0.2) is 11.6 Å². The van der Waals surface area contributed by atoms with Gasteiger partial charge in [0.1, 0.15) is 6.04 Å². The third kappa shape index (κ3) is 4.83. The summed E-state index contributed by atoms with van der Waals surface area (Å²) in [6.07, 6.45) is -0.181. The fourth-order valence-corrected chi connectivity index (χ4v) is 1.53. The molecule has 6 nitrogen and oxygen atoms in total. The number of hydrogen-bond acceptors (Lipinski definition) is 4. The van der Waals surface area contributed by atoms with Crippen molar-refractivity contribution < 1.29 is 27.9 Å². The van der Waals surface area contributed by atoms with Crippen molar-refractivity contribution in [2.75, 3.05) is 7.11 Å². The van der Waals surface area contributed by atoms with Crippen LogP contribution >= 0.6 is 0 Å². The van der Waals surface area contributed by atoms with Gasteiger partial charge in [-0.3, -0.25) is 14.4 Å². The van der Waals surface area contributed by atoms with Crippen molar-refractivity contribution in [3.05, 3.63) is 35.4 Å². The first-order valence-corrected chi connectivity index (χ1v) is 5.97. The molecule has 0 saturated carbocycles. The highest BCUT2D eigenvalue weighted by Crippen LogP contribution is 2.09. The highest BCUT2D eigenvalue weighted by Gasteiger charge is 2.20. The van der Waals surface area contributed by atoms with Gasteiger partial charge in [0.05, 0.1) is 7.11 Å². The van der Waals surface area contributed by atoms with Crippen LogP contribution in [0.5, 0.6) is 0 Å². The third-order valence-corrected chi connectivity index (χ3v) is 2.70. The second-order valence-corrected chi connectivity index (χ2v) is 4.17. The highest BCUT2D eigenvalue weighted by molar-refractivity contribution is 5.97. The minimum Gasteiger partial charge on any atom is -0.469 e. The number of esters is 1. The number of carbonyl (C=O) groups excluding carboxylic acids is 3. The molecule has 8 heteroatoms. The Bertz CT molecular complexity index is 563. The van der Waals surface area contributed by atoms with Crippen molar-refractivity contribution in [1.82, 2.24) is 5.32 Å². The molecule has 1 rings (SSSR count). The van der Waals surface area contributed by atoms with Gasteiger partial charge in [-0.05, 0) is 24.6 Å². The quantitative estimate of drug-likeness (QED) is 0.747. The Morgan fingerprint density at radius 1 is 1.29 bits per heavy atom. The van der Waals surface area contributed by atoms with Gasteiger partial charge in [-0.1, -0.05) is 0 Å². The summed E-state index contributed by atoms with van der Waals surface area (Å²) >= 11 is 0. The van der Waals surface area contributed by atoms with Crippen LogP contribution in [0.2, 0.25) is 0 Å². The van der Waals surface area contributed by atoms with Gasteiger partial charge in [0, 0.05) is 12.0 Å². The van der Waals surface area contributed by atoms with E-state index in [4.69, 9.17) is 5.73 Å². The fraction of sp³-hybridized carbons (Fsp3) is 0.308. The van der Waals surface area contributed by atoms with E-state index in [1.165, 1.54) is 7.11 Å². The fourth-order valence-electron chi connectivity index (χ4n) is 1.53. The molecule has 0 bridgehead atoms. The summed E-state index contributed by atoms with van der Waals surface area (Å²) in [5.41, 5.74) is 4.94. The lowest BCUT2D eigenvalue weighted by molar-refractivity contribution is -0.140. The third-order valence-electron chi connectivity index (χ3n) is 2.70. The van der Waals surface area contributed by atoms with Crippen LogP contribution < -0.4 is 11.1 Å². The molecular formula is C13H14F2N2O4. The van der Waals surface area contributed by atoms with Crippen LogP contribution in [0.15, 0.2) is 18.2 Å². The first kappa shape index (κ1) is 16.5. The van der Waals surface area contributed by atoms with Gasteiger partial charge >= 0.3 is 5.97 Å². The van der Waals surface area contributed by atoms with Crippen LogP contribution in [0.4, 0.5) is 8.78 Å². The molecule has 0 aliphatic rings. The minimum absolute atomic E-state index is 0.0581. The number of carbonyl (C=O) groups is 3. The summed E-state index contributed by atoms with van der Waals surface area (Å²) in [4.78, 5) is 34.0. The molecule has 0 aromatic heterocycles. The molecule has 0 saturated heterocycles. The number of ether oxygens (including phenoxy) is 1. The van der Waals surface area contributed by atoms with Gasteiger partial charge in [-0.25, -0.2) is 8.78 Å². The molecule has 0 heterocycles. The van der Waals surface area contributed by atoms with Crippen LogP contribution in [-0.4, -0.2) is 30.9 Å². The molecular weight excluding hydrogens is 286 g/mol. The normalized spacial score (nSPS) is 11.6. The Morgan fingerprint density at radius 2 is 1.95 bits per heavy atom. The molecule has 0 spiro atoms. The van der Waals surface area contributed by atoms with E-state index in [0.717, 1.165) is 12.1 Å². The molecule has 0 fully saturated rings. The first-order chi connectivity index (χ1) is 9.85. The van der Waals surface area contributed by atoms with Gasteiger partial charge in [-0.2, -0.15) is 0 Å². The topological polar surface area (TPSA) is 98.5 Å². The minimum atomic E-state index is -1.19. The zero-order valence-electron chi connectivity index (χ0n) is 11.2. The number of methoxy groups -OCH3 is 1. The van der Waals surface area contributed by atoms with E-state index in [1.54, 1.807) is 0 Å². The molecule has 0 unspecified atom stereocenters. The van der Waals surface area contributed by atoms with Gasteiger partial charge in [0.25, 0.3) is 5.91 Å². The maximum Gasteiger partial charge on any atom is 0.305 e. The average Bonchev–Trinajstić information content (AvgIpc) is 2.45. The number of benzene rings is 1. The second-order valence-electron chi connectivity index (χ2n) is 4.17. The van der Waals surface area contributed by atoms with Crippen LogP contribution in [0, 0.1) is 11.6 Å². The van der Waals surface area contributed by atoms with Crippen molar-refractivity contribution in [1.29, 1.82) is 0 Å². The molecule has 3 N–H and O–H groups in total. The van der Waals surface area contributed by atoms with Crippen LogP contribution in [0.25, 0.3) is 0 Å². The van der Waals surface area contributed by atoms with E-state index in [0.29, 0.717) is 6.07 Å². The van der Waals surface area contributed by atoms with Crippen molar-refractivity contribution in [3.8, 4) is 0 Å². The number of amides is 2. The Kier molecular flexibility index (Phi) is 5.77. The maximum atomic E-state index is 13.0. The number of nitrogens with two attached hydrogens (primary N) is 1. The summed E-state index contributed by atoms with van der Waals surface area (Å²) in [5.74, 6) is -4.50. The highest BCUT2D eigenvalue weighted by atomic mass is 19.2. The number of rotatable bonds is 6. The Balaban J connectivity index is 2.74. The molecule has 0 aliphatic heterocycles. The van der Waals surface area contributed by atoms with E-state index in [2.05, 4.69) is 10.1 Å². The largest absolute Gasteiger partial charge is 0.469 e. The summed E-state index contributed by atoms with van der Waals surface area (Å²) in [5, 5.41) is 2.25. The lowest BCUT2D eigenvalue weighted by Crippen LogP contribution is -2.44. The summed E-state index contributed by atoms with van der Waals surface area (Å²) in [6.45, 7) is 0. The molecule has 0 radical (unpaired) electrons. The summed E-state index contributed by atoms with van der Waals surface area (Å²) in [7, 11) is 1.18. The monoisotopic (exact) mass is 300 g/mol. The van der Waals surface area contributed by atoms with Crippen molar-refractivity contribution in [2.45, 2.75) is 18.9 Å². The average molecular weight is 300 g/mol. The standard InChI is InChI=1S/C13H14F2N2O4/c1-21-11(18)5-4-10(12(16)19)17-13(20)7-2-3-8(14)9(15)6-7/h2-3,6,10H,4-5H2,1H3,(H2,16,19)(H,17,20)/t10-/m0/s1. The number of halogens is 2. The molecule has 0 aliphatic carbocycles. The number of hydrogen-bond donors (Lipinski definition) is 2. The molecule has 21 heavy (non-hydrogen) atoms. The molecule has 2 amide bonds. The Hall–Kier alpha value is -2.51. The summed E-state index contributed by atoms with van der Waals surface area (Å²) in [6, 6.07) is 1.43. The Labute approximate surface area is 119 Å². The smallest absolute Gasteiger partial charge is 0.305 e. The van der Waals surface area contributed by atoms with Crippen molar-refractivity contribution in [2.24, 2.45) is 5.73 Å². The summed E-state index contributed by atoms with van der Waals surface area (Å²) < 4.78 is 30.2. The maximum absolute atomic E-state index is 13.0. The van der Waals surface area contributed by atoms with E-state index >= 15 is 0 Å². The number of primary amides is 1. The van der Waals surface area contributed by atoms with E-state index in [9.17, 15) is 23.2 Å². The zero-order chi connectivity index (χ0) is 16.0. The molecule has 1 aromatic carbocycles. The lowest BCUT2D eigenvalue weighted by atomic mass is 10.1. The molecule has 1 aromatic rings. The van der Waals surface area contributed by atoms with Crippen LogP contribution in [0.3, 0.4) is 0 Å². The van der Waals surface area contributed by atoms with Crippen LogP contribution in [0.1, 0.15) is 23.2 Å². The first-order valence-electron chi connectivity index (χ1n) is 5.97. The predicted octanol–water partition coefficient (Wildman–Crippen LogP) is 0.502. The lowest BCUT2D eigenvalue weighted by Gasteiger charge is -2.15. The second kappa shape index (κ2) is 7.32. The SMILES string of the molecule is COC(=O)CC[C@H](NC(=O)c1ccc(F)c(F)c1)C(N)=O. The molecule has 1 atom stereocenters. The van der Waals surface area contributed by atoms with Crippen LogP contribution in [-0.2, 0) is 14.3 Å². The van der Waals surface area contributed by atoms with E-state index < -0.39 is 35.5 Å². The molecule has 114 valence electrons. The number of nitrogens with one attached hydrogen (secondary N) is 1. The van der Waals surface area contributed by atoms with Crippen molar-refractivity contribution >= 4 is 17.8 Å². The zero-order valence-corrected chi connectivity index (χ0v) is 11.2.